The zero-order valence-corrected chi connectivity index (χ0v) is 13.0. The maximum atomic E-state index is 14.1. The fraction of sp³-hybridized carbons (Fsp3) is 0.400. The second-order valence-corrected chi connectivity index (χ2v) is 5.44. The van der Waals surface area contributed by atoms with Crippen molar-refractivity contribution in [2.45, 2.75) is 39.8 Å². The van der Waals surface area contributed by atoms with E-state index in [2.05, 4.69) is 5.10 Å². The van der Waals surface area contributed by atoms with Crippen LogP contribution in [0.3, 0.4) is 0 Å². The van der Waals surface area contributed by atoms with Crippen LogP contribution in [0.25, 0.3) is 0 Å². The molecule has 21 heavy (non-hydrogen) atoms. The molecule has 0 aliphatic heterocycles. The van der Waals surface area contributed by atoms with E-state index in [-0.39, 0.29) is 12.0 Å². The third-order valence-corrected chi connectivity index (χ3v) is 4.05. The second-order valence-electron chi connectivity index (χ2n) is 5.06. The number of nitrogens with two attached hydrogens (primary N) is 1. The van der Waals surface area contributed by atoms with E-state index >= 15 is 0 Å². The van der Waals surface area contributed by atoms with Crippen molar-refractivity contribution in [2.75, 3.05) is 0 Å². The first-order chi connectivity index (χ1) is 9.86. The molecule has 0 saturated carbocycles. The van der Waals surface area contributed by atoms with Gasteiger partial charge in [-0.3, -0.25) is 4.68 Å². The molecule has 1 aromatic heterocycles. The van der Waals surface area contributed by atoms with Gasteiger partial charge in [0.25, 0.3) is 0 Å². The Morgan fingerprint density at radius 1 is 1.33 bits per heavy atom. The summed E-state index contributed by atoms with van der Waals surface area (Å²) < 4.78 is 29.7. The number of aromatic nitrogens is 2. The maximum absolute atomic E-state index is 14.1. The molecule has 6 heteroatoms. The van der Waals surface area contributed by atoms with Gasteiger partial charge in [-0.1, -0.05) is 17.7 Å². The lowest BCUT2D eigenvalue weighted by atomic mass is 9.99. The van der Waals surface area contributed by atoms with Gasteiger partial charge in [0.05, 0.1) is 16.4 Å². The van der Waals surface area contributed by atoms with E-state index in [0.29, 0.717) is 28.5 Å². The van der Waals surface area contributed by atoms with Gasteiger partial charge in [-0.15, -0.1) is 0 Å². The summed E-state index contributed by atoms with van der Waals surface area (Å²) in [7, 11) is 0. The normalized spacial score (nSPS) is 12.7. The minimum Gasteiger partial charge on any atom is -0.323 e. The zero-order chi connectivity index (χ0) is 15.7. The molecule has 0 spiro atoms. The standard InChI is InChI=1S/C15H18ClF2N3/c1-4-21-12(14(16)9(3)20-21)7-11(19)13-10(17)6-5-8(2)15(13)18/h5-6,11H,4,7,19H2,1-3H3. The smallest absolute Gasteiger partial charge is 0.133 e. The molecule has 2 rings (SSSR count). The SMILES string of the molecule is CCn1nc(C)c(Cl)c1CC(N)c1c(F)ccc(C)c1F. The third kappa shape index (κ3) is 2.94. The van der Waals surface area contributed by atoms with Crippen LogP contribution in [-0.2, 0) is 13.0 Å². The Morgan fingerprint density at radius 2 is 2.00 bits per heavy atom. The Labute approximate surface area is 127 Å². The van der Waals surface area contributed by atoms with Crippen molar-refractivity contribution in [3.8, 4) is 0 Å². The van der Waals surface area contributed by atoms with Gasteiger partial charge in [-0.2, -0.15) is 5.10 Å². The molecule has 0 amide bonds. The fourth-order valence-corrected chi connectivity index (χ4v) is 2.61. The molecule has 0 fully saturated rings. The van der Waals surface area contributed by atoms with Crippen molar-refractivity contribution in [1.29, 1.82) is 0 Å². The van der Waals surface area contributed by atoms with Gasteiger partial charge in [-0.25, -0.2) is 8.78 Å². The lowest BCUT2D eigenvalue weighted by Gasteiger charge is -2.16. The van der Waals surface area contributed by atoms with E-state index in [9.17, 15) is 8.78 Å². The molecule has 2 N–H and O–H groups in total. The van der Waals surface area contributed by atoms with Crippen LogP contribution in [0.15, 0.2) is 12.1 Å². The van der Waals surface area contributed by atoms with E-state index in [1.807, 2.05) is 6.92 Å². The number of rotatable bonds is 4. The summed E-state index contributed by atoms with van der Waals surface area (Å²) in [6, 6.07) is 1.81. The van der Waals surface area contributed by atoms with Crippen LogP contribution in [0.5, 0.6) is 0 Å². The highest BCUT2D eigenvalue weighted by atomic mass is 35.5. The molecule has 3 nitrogen and oxygen atoms in total. The Balaban J connectivity index is 2.39. The molecule has 114 valence electrons. The average Bonchev–Trinajstić information content (AvgIpc) is 2.71. The lowest BCUT2D eigenvalue weighted by molar-refractivity contribution is 0.509. The highest BCUT2D eigenvalue weighted by Crippen LogP contribution is 2.28. The summed E-state index contributed by atoms with van der Waals surface area (Å²) in [5, 5.41) is 4.78. The van der Waals surface area contributed by atoms with Gasteiger partial charge in [0, 0.05) is 24.6 Å². The first kappa shape index (κ1) is 15.9. The lowest BCUT2D eigenvalue weighted by Crippen LogP contribution is -2.19. The molecule has 1 aromatic carbocycles. The van der Waals surface area contributed by atoms with Gasteiger partial charge in [0.15, 0.2) is 0 Å². The van der Waals surface area contributed by atoms with Crippen molar-refractivity contribution in [2.24, 2.45) is 5.73 Å². The van der Waals surface area contributed by atoms with Crippen LogP contribution >= 0.6 is 11.6 Å². The van der Waals surface area contributed by atoms with E-state index in [0.717, 1.165) is 0 Å². The van der Waals surface area contributed by atoms with Crippen LogP contribution in [-0.4, -0.2) is 9.78 Å². The summed E-state index contributed by atoms with van der Waals surface area (Å²) in [4.78, 5) is 0. The van der Waals surface area contributed by atoms with Crippen molar-refractivity contribution in [3.63, 3.8) is 0 Å². The van der Waals surface area contributed by atoms with Crippen LogP contribution in [0.2, 0.25) is 5.02 Å². The molecular weight excluding hydrogens is 296 g/mol. The number of benzene rings is 1. The molecule has 0 aliphatic rings. The first-order valence-corrected chi connectivity index (χ1v) is 7.16. The third-order valence-electron chi connectivity index (χ3n) is 3.56. The Morgan fingerprint density at radius 3 is 2.62 bits per heavy atom. The minimum absolute atomic E-state index is 0.104. The largest absolute Gasteiger partial charge is 0.323 e. The number of hydrogen-bond donors (Lipinski definition) is 1. The molecule has 0 radical (unpaired) electrons. The summed E-state index contributed by atoms with van der Waals surface area (Å²) in [5.74, 6) is -1.24. The number of halogens is 3. The quantitative estimate of drug-likeness (QED) is 0.935. The number of aryl methyl sites for hydroxylation is 3. The summed E-state index contributed by atoms with van der Waals surface area (Å²) in [6.45, 7) is 5.91. The highest BCUT2D eigenvalue weighted by molar-refractivity contribution is 6.31. The second kappa shape index (κ2) is 6.12. The number of nitrogens with zero attached hydrogens (tertiary/aromatic N) is 2. The molecular formula is C15H18ClF2N3. The molecule has 1 atom stereocenters. The van der Waals surface area contributed by atoms with Crippen molar-refractivity contribution < 1.29 is 8.78 Å². The van der Waals surface area contributed by atoms with Crippen molar-refractivity contribution in [3.05, 3.63) is 51.3 Å². The molecule has 2 aromatic rings. The van der Waals surface area contributed by atoms with Gasteiger partial charge >= 0.3 is 0 Å². The van der Waals surface area contributed by atoms with Gasteiger partial charge in [0.1, 0.15) is 11.6 Å². The van der Waals surface area contributed by atoms with E-state index < -0.39 is 17.7 Å². The molecule has 0 bridgehead atoms. The summed E-state index contributed by atoms with van der Waals surface area (Å²) in [5.41, 5.74) is 7.67. The summed E-state index contributed by atoms with van der Waals surface area (Å²) in [6.07, 6.45) is 0.227. The van der Waals surface area contributed by atoms with E-state index in [4.69, 9.17) is 17.3 Å². The average molecular weight is 314 g/mol. The Bertz CT molecular complexity index is 667. The molecule has 0 saturated heterocycles. The highest BCUT2D eigenvalue weighted by Gasteiger charge is 2.22. The van der Waals surface area contributed by atoms with Crippen LogP contribution in [0.4, 0.5) is 8.78 Å². The first-order valence-electron chi connectivity index (χ1n) is 6.78. The molecule has 1 heterocycles. The predicted molar refractivity (Wildman–Crippen MR) is 79.4 cm³/mol. The fourth-order valence-electron chi connectivity index (χ4n) is 2.39. The monoisotopic (exact) mass is 313 g/mol. The van der Waals surface area contributed by atoms with Crippen LogP contribution < -0.4 is 5.73 Å². The Kier molecular flexibility index (Phi) is 4.64. The predicted octanol–water partition coefficient (Wildman–Crippen LogP) is 3.69. The van der Waals surface area contributed by atoms with Gasteiger partial charge < -0.3 is 5.73 Å². The van der Waals surface area contributed by atoms with E-state index in [1.54, 1.807) is 18.5 Å². The van der Waals surface area contributed by atoms with Crippen molar-refractivity contribution in [1.82, 2.24) is 9.78 Å². The zero-order valence-electron chi connectivity index (χ0n) is 12.3. The number of hydrogen-bond acceptors (Lipinski definition) is 2. The van der Waals surface area contributed by atoms with Crippen LogP contribution in [0, 0.1) is 25.5 Å². The van der Waals surface area contributed by atoms with Gasteiger partial charge in [0.2, 0.25) is 0 Å². The van der Waals surface area contributed by atoms with Gasteiger partial charge in [-0.05, 0) is 32.4 Å². The van der Waals surface area contributed by atoms with E-state index in [1.165, 1.54) is 12.1 Å². The van der Waals surface area contributed by atoms with Crippen molar-refractivity contribution >= 4 is 11.6 Å². The minimum atomic E-state index is -0.816. The summed E-state index contributed by atoms with van der Waals surface area (Å²) >= 11 is 6.21. The molecule has 1 unspecified atom stereocenters. The van der Waals surface area contributed by atoms with Crippen LogP contribution in [0.1, 0.15) is 35.5 Å². The maximum Gasteiger partial charge on any atom is 0.133 e. The topological polar surface area (TPSA) is 43.8 Å². The Hall–Kier alpha value is -1.46. The molecule has 0 aliphatic carbocycles.